The van der Waals surface area contributed by atoms with Crippen LogP contribution in [0.25, 0.3) is 0 Å². The molecule has 216 valence electrons. The fraction of sp³-hybridized carbons (Fsp3) is 0. The zero-order valence-corrected chi connectivity index (χ0v) is 25.7. The smallest absolute Gasteiger partial charge is 0.221 e. The Labute approximate surface area is 255 Å². The van der Waals surface area contributed by atoms with Crippen LogP contribution in [-0.4, -0.2) is 0 Å². The summed E-state index contributed by atoms with van der Waals surface area (Å²) in [6.45, 7) is 0. The molecule has 0 aliphatic heterocycles. The van der Waals surface area contributed by atoms with Gasteiger partial charge in [-0.25, -0.2) is 12.5 Å². The predicted octanol–water partition coefficient (Wildman–Crippen LogP) is 11.9. The van der Waals surface area contributed by atoms with E-state index >= 15 is 4.20 Å². The van der Waals surface area contributed by atoms with E-state index in [1.165, 1.54) is 0 Å². The van der Waals surface area contributed by atoms with Crippen molar-refractivity contribution < 1.29 is 16.7 Å². The van der Waals surface area contributed by atoms with Gasteiger partial charge in [-0.3, -0.25) is 0 Å². The summed E-state index contributed by atoms with van der Waals surface area (Å²) < 4.78 is 44.9. The summed E-state index contributed by atoms with van der Waals surface area (Å²) in [4.78, 5) is 4.21. The maximum atomic E-state index is 17.3. The first-order chi connectivity index (χ1) is 21.0. The topological polar surface area (TPSA) is 35.5 Å². The quantitative estimate of drug-likeness (QED) is 0.142. The standard InChI is InChI=1S/C36H30FO3PS2/c37-41(38,39-42(31-19-7-1-8-20-31,32-21-9-2-10-22-32)33-23-11-3-12-24-33)40-43(34-25-13-4-14-26-34,35-27-15-5-16-28-35)36-29-17-6-18-30-36/h1-30H. The van der Waals surface area contributed by atoms with Gasteiger partial charge in [-0.15, -0.1) is 4.20 Å². The lowest BCUT2D eigenvalue weighted by atomic mass is 10.4. The van der Waals surface area contributed by atoms with Gasteiger partial charge in [0.05, 0.1) is 0 Å². The summed E-state index contributed by atoms with van der Waals surface area (Å²) in [6, 6.07) is 56.6. The molecule has 0 amide bonds. The summed E-state index contributed by atoms with van der Waals surface area (Å²) in [6.07, 6.45) is 0. The zero-order valence-electron chi connectivity index (χ0n) is 23.2. The van der Waals surface area contributed by atoms with E-state index in [9.17, 15) is 4.57 Å². The highest BCUT2D eigenvalue weighted by molar-refractivity contribution is 8.33. The van der Waals surface area contributed by atoms with Crippen LogP contribution in [-0.2, 0) is 12.5 Å². The summed E-state index contributed by atoms with van der Waals surface area (Å²) in [5.41, 5.74) is 0. The average Bonchev–Trinajstić information content (AvgIpc) is 3.08. The molecule has 0 N–H and O–H groups in total. The molecule has 0 saturated carbocycles. The maximum Gasteiger partial charge on any atom is 0.534 e. The molecule has 0 spiro atoms. The van der Waals surface area contributed by atoms with Gasteiger partial charge < -0.3 is 0 Å². The van der Waals surface area contributed by atoms with Crippen molar-refractivity contribution >= 4 is 28.5 Å². The van der Waals surface area contributed by atoms with Crippen LogP contribution in [0.5, 0.6) is 0 Å². The second-order valence-corrected chi connectivity index (χ2v) is 16.7. The number of halogens is 1. The van der Waals surface area contributed by atoms with Crippen molar-refractivity contribution in [3.8, 4) is 0 Å². The third kappa shape index (κ3) is 5.85. The van der Waals surface area contributed by atoms with Gasteiger partial charge in [-0.2, -0.15) is 0 Å². The van der Waals surface area contributed by atoms with Gasteiger partial charge in [0.15, 0.2) is 0 Å². The summed E-state index contributed by atoms with van der Waals surface area (Å²) >= 11 is 0. The van der Waals surface area contributed by atoms with Crippen LogP contribution in [0.4, 0.5) is 4.20 Å². The molecule has 0 unspecified atom stereocenters. The largest absolute Gasteiger partial charge is 0.534 e. The van der Waals surface area contributed by atoms with E-state index in [-0.39, 0.29) is 0 Å². The van der Waals surface area contributed by atoms with E-state index in [1.54, 1.807) is 0 Å². The molecule has 43 heavy (non-hydrogen) atoms. The number of hydrogen-bond donors (Lipinski definition) is 0. The van der Waals surface area contributed by atoms with E-state index in [0.717, 1.165) is 0 Å². The van der Waals surface area contributed by atoms with Gasteiger partial charge in [0.1, 0.15) is 0 Å². The number of hydrogen-bond acceptors (Lipinski definition) is 3. The lowest BCUT2D eigenvalue weighted by molar-refractivity contribution is 0.365. The first-order valence-corrected chi connectivity index (χ1v) is 18.3. The summed E-state index contributed by atoms with van der Waals surface area (Å²) in [5.74, 6) is 0. The highest BCUT2D eigenvalue weighted by Crippen LogP contribution is 2.83. The van der Waals surface area contributed by atoms with Crippen molar-refractivity contribution in [1.82, 2.24) is 0 Å². The van der Waals surface area contributed by atoms with Crippen molar-refractivity contribution in [2.45, 2.75) is 29.4 Å². The lowest BCUT2D eigenvalue weighted by Crippen LogP contribution is -2.10. The van der Waals surface area contributed by atoms with Crippen molar-refractivity contribution in [3.05, 3.63) is 182 Å². The van der Waals surface area contributed by atoms with Gasteiger partial charge in [0, 0.05) is 29.4 Å². The second-order valence-electron chi connectivity index (χ2n) is 9.57. The molecule has 0 radical (unpaired) electrons. The minimum absolute atomic E-state index is 0.702. The Hall–Kier alpha value is -3.90. The van der Waals surface area contributed by atoms with Crippen molar-refractivity contribution in [1.29, 1.82) is 0 Å². The molecule has 6 rings (SSSR count). The van der Waals surface area contributed by atoms with Crippen LogP contribution in [0.3, 0.4) is 0 Å². The fourth-order valence-electron chi connectivity index (χ4n) is 5.03. The number of rotatable bonds is 10. The number of benzene rings is 6. The minimum atomic E-state index is -5.35. The molecule has 0 aliphatic rings. The predicted molar refractivity (Wildman–Crippen MR) is 174 cm³/mol. The Morgan fingerprint density at radius 1 is 0.349 bits per heavy atom. The molecule has 3 nitrogen and oxygen atoms in total. The molecule has 0 fully saturated rings. The molecular formula is C36H30FO3PS2. The van der Waals surface area contributed by atoms with Crippen molar-refractivity contribution in [3.63, 3.8) is 0 Å². The van der Waals surface area contributed by atoms with E-state index in [2.05, 4.69) is 0 Å². The van der Waals surface area contributed by atoms with Gasteiger partial charge >= 0.3 is 7.91 Å². The average molecular weight is 625 g/mol. The van der Waals surface area contributed by atoms with Crippen LogP contribution in [0.2, 0.25) is 0 Å². The van der Waals surface area contributed by atoms with E-state index < -0.39 is 28.5 Å². The van der Waals surface area contributed by atoms with Crippen LogP contribution < -0.4 is 0 Å². The van der Waals surface area contributed by atoms with E-state index in [1.807, 2.05) is 182 Å². The highest BCUT2D eigenvalue weighted by atomic mass is 32.3. The summed E-state index contributed by atoms with van der Waals surface area (Å²) in [7, 11) is -11.1. The van der Waals surface area contributed by atoms with Crippen LogP contribution in [0.15, 0.2) is 211 Å². The monoisotopic (exact) mass is 624 g/mol. The SMILES string of the molecule is O=P(F)(OS(c1ccccc1)(c1ccccc1)c1ccccc1)OS(c1ccccc1)(c1ccccc1)c1ccccc1. The summed E-state index contributed by atoms with van der Waals surface area (Å²) in [5, 5.41) is 0. The highest BCUT2D eigenvalue weighted by Gasteiger charge is 2.47. The third-order valence-electron chi connectivity index (χ3n) is 6.85. The molecule has 6 aromatic rings. The Morgan fingerprint density at radius 2 is 0.512 bits per heavy atom. The molecule has 0 bridgehead atoms. The van der Waals surface area contributed by atoms with Gasteiger partial charge in [-0.1, -0.05) is 109 Å². The molecule has 0 heterocycles. The molecule has 0 atom stereocenters. The molecular weight excluding hydrogens is 594 g/mol. The Bertz CT molecular complexity index is 1470. The third-order valence-corrected chi connectivity index (χ3v) is 15.7. The fourth-order valence-corrected chi connectivity index (χ4v) is 14.4. The Kier molecular flexibility index (Phi) is 8.66. The van der Waals surface area contributed by atoms with Gasteiger partial charge in [0.25, 0.3) is 0 Å². The Morgan fingerprint density at radius 3 is 0.674 bits per heavy atom. The van der Waals surface area contributed by atoms with E-state index in [0.29, 0.717) is 29.4 Å². The first kappa shape index (κ1) is 29.2. The molecule has 0 aromatic heterocycles. The lowest BCUT2D eigenvalue weighted by Gasteiger charge is -2.44. The molecule has 0 saturated heterocycles. The molecule has 7 heteroatoms. The van der Waals surface area contributed by atoms with Crippen molar-refractivity contribution in [2.24, 2.45) is 0 Å². The normalized spacial score (nSPS) is 12.9. The van der Waals surface area contributed by atoms with Crippen LogP contribution in [0, 0.1) is 0 Å². The zero-order chi connectivity index (χ0) is 29.6. The van der Waals surface area contributed by atoms with Crippen molar-refractivity contribution in [2.75, 3.05) is 0 Å². The van der Waals surface area contributed by atoms with Crippen LogP contribution in [0.1, 0.15) is 0 Å². The second kappa shape index (κ2) is 12.8. The first-order valence-electron chi connectivity index (χ1n) is 13.7. The molecule has 0 aliphatic carbocycles. The van der Waals surface area contributed by atoms with Gasteiger partial charge in [-0.05, 0) is 93.4 Å². The van der Waals surface area contributed by atoms with Crippen LogP contribution >= 0.6 is 28.5 Å². The molecule has 6 aromatic carbocycles. The minimum Gasteiger partial charge on any atom is -0.221 e. The van der Waals surface area contributed by atoms with E-state index in [4.69, 9.17) is 7.94 Å². The van der Waals surface area contributed by atoms with Gasteiger partial charge in [0.2, 0.25) is 0 Å². The maximum absolute atomic E-state index is 17.3. The Balaban J connectivity index is 1.59.